The molecule has 0 aromatic carbocycles. The first kappa shape index (κ1) is 13.5. The van der Waals surface area contributed by atoms with E-state index in [4.69, 9.17) is 10.7 Å². The Morgan fingerprint density at radius 1 is 1.28 bits per heavy atom. The molecular formula is C14H26N4. The summed E-state index contributed by atoms with van der Waals surface area (Å²) in [7, 11) is 2.03. The molecule has 4 heteroatoms. The van der Waals surface area contributed by atoms with Gasteiger partial charge in [-0.15, -0.1) is 0 Å². The Balaban J connectivity index is 2.02. The number of aryl methyl sites for hydroxylation is 1. The molecule has 1 aliphatic rings. The van der Waals surface area contributed by atoms with E-state index in [1.807, 2.05) is 11.7 Å². The maximum Gasteiger partial charge on any atom is 0.151 e. The summed E-state index contributed by atoms with van der Waals surface area (Å²) in [4.78, 5) is 4.75. The lowest BCUT2D eigenvalue weighted by Crippen LogP contribution is -2.22. The fourth-order valence-corrected chi connectivity index (χ4v) is 2.91. The molecule has 1 aliphatic carbocycles. The van der Waals surface area contributed by atoms with E-state index in [9.17, 15) is 0 Å². The van der Waals surface area contributed by atoms with Gasteiger partial charge in [0.2, 0.25) is 0 Å². The Bertz CT molecular complexity index is 375. The summed E-state index contributed by atoms with van der Waals surface area (Å²) in [5.41, 5.74) is 5.74. The minimum absolute atomic E-state index is 0.589. The molecule has 1 aromatic heterocycles. The highest BCUT2D eigenvalue weighted by molar-refractivity contribution is 5.02. The van der Waals surface area contributed by atoms with Crippen molar-refractivity contribution in [1.82, 2.24) is 14.8 Å². The lowest BCUT2D eigenvalue weighted by molar-refractivity contribution is 0.320. The van der Waals surface area contributed by atoms with E-state index in [1.165, 1.54) is 31.5 Å². The Labute approximate surface area is 110 Å². The summed E-state index contributed by atoms with van der Waals surface area (Å²) in [5, 5.41) is 4.55. The van der Waals surface area contributed by atoms with Crippen LogP contribution in [-0.2, 0) is 13.5 Å². The van der Waals surface area contributed by atoms with Crippen LogP contribution in [0.15, 0.2) is 0 Å². The van der Waals surface area contributed by atoms with E-state index in [0.717, 1.165) is 24.7 Å². The SMILES string of the molecule is CC(C)Cc1nc(C2CCC(CN)CC2)n(C)n1. The molecule has 1 fully saturated rings. The van der Waals surface area contributed by atoms with Crippen LogP contribution in [0, 0.1) is 11.8 Å². The Kier molecular flexibility index (Phi) is 4.38. The fourth-order valence-electron chi connectivity index (χ4n) is 2.91. The van der Waals surface area contributed by atoms with Crippen LogP contribution >= 0.6 is 0 Å². The Hall–Kier alpha value is -0.900. The molecule has 0 atom stereocenters. The molecule has 2 rings (SSSR count). The van der Waals surface area contributed by atoms with Crippen LogP contribution < -0.4 is 5.73 Å². The van der Waals surface area contributed by atoms with Gasteiger partial charge in [-0.25, -0.2) is 4.98 Å². The second kappa shape index (κ2) is 5.83. The van der Waals surface area contributed by atoms with Crippen LogP contribution in [0.5, 0.6) is 0 Å². The second-order valence-electron chi connectivity index (χ2n) is 6.06. The minimum atomic E-state index is 0.589. The van der Waals surface area contributed by atoms with Gasteiger partial charge in [0.15, 0.2) is 5.82 Å². The molecule has 1 heterocycles. The van der Waals surface area contributed by atoms with Crippen LogP contribution in [0.4, 0.5) is 0 Å². The highest BCUT2D eigenvalue weighted by Gasteiger charge is 2.25. The third-order valence-electron chi connectivity index (χ3n) is 3.98. The van der Waals surface area contributed by atoms with E-state index in [2.05, 4.69) is 18.9 Å². The van der Waals surface area contributed by atoms with E-state index in [0.29, 0.717) is 11.8 Å². The van der Waals surface area contributed by atoms with Gasteiger partial charge in [-0.1, -0.05) is 13.8 Å². The topological polar surface area (TPSA) is 56.7 Å². The van der Waals surface area contributed by atoms with Crippen molar-refractivity contribution in [2.24, 2.45) is 24.6 Å². The van der Waals surface area contributed by atoms with Crippen LogP contribution in [0.2, 0.25) is 0 Å². The van der Waals surface area contributed by atoms with Gasteiger partial charge >= 0.3 is 0 Å². The number of rotatable bonds is 4. The smallest absolute Gasteiger partial charge is 0.151 e. The van der Waals surface area contributed by atoms with Gasteiger partial charge in [0.1, 0.15) is 5.82 Å². The van der Waals surface area contributed by atoms with Crippen LogP contribution in [0.1, 0.15) is 57.1 Å². The molecule has 1 aromatic rings. The number of aromatic nitrogens is 3. The first-order chi connectivity index (χ1) is 8.60. The maximum absolute atomic E-state index is 5.74. The van der Waals surface area contributed by atoms with Crippen molar-refractivity contribution in [2.75, 3.05) is 6.54 Å². The fraction of sp³-hybridized carbons (Fsp3) is 0.857. The molecule has 0 bridgehead atoms. The maximum atomic E-state index is 5.74. The average molecular weight is 250 g/mol. The number of nitrogens with two attached hydrogens (primary N) is 1. The molecular weight excluding hydrogens is 224 g/mol. The molecule has 2 N–H and O–H groups in total. The van der Waals surface area contributed by atoms with Crippen molar-refractivity contribution >= 4 is 0 Å². The van der Waals surface area contributed by atoms with Crippen molar-refractivity contribution in [1.29, 1.82) is 0 Å². The van der Waals surface area contributed by atoms with Gasteiger partial charge in [-0.3, -0.25) is 4.68 Å². The van der Waals surface area contributed by atoms with Crippen LogP contribution in [0.3, 0.4) is 0 Å². The Morgan fingerprint density at radius 2 is 1.94 bits per heavy atom. The number of nitrogens with zero attached hydrogens (tertiary/aromatic N) is 3. The van der Waals surface area contributed by atoms with Crippen LogP contribution in [-0.4, -0.2) is 21.3 Å². The molecule has 1 saturated carbocycles. The second-order valence-corrected chi connectivity index (χ2v) is 6.06. The molecule has 0 saturated heterocycles. The molecule has 0 spiro atoms. The van der Waals surface area contributed by atoms with E-state index in [1.54, 1.807) is 0 Å². The van der Waals surface area contributed by atoms with Gasteiger partial charge in [0.25, 0.3) is 0 Å². The zero-order chi connectivity index (χ0) is 13.1. The van der Waals surface area contributed by atoms with E-state index in [-0.39, 0.29) is 0 Å². The normalized spacial score (nSPS) is 24.7. The molecule has 0 unspecified atom stereocenters. The van der Waals surface area contributed by atoms with Crippen molar-refractivity contribution in [3.8, 4) is 0 Å². The highest BCUT2D eigenvalue weighted by Crippen LogP contribution is 2.34. The van der Waals surface area contributed by atoms with Gasteiger partial charge in [0.05, 0.1) is 0 Å². The van der Waals surface area contributed by atoms with E-state index >= 15 is 0 Å². The lowest BCUT2D eigenvalue weighted by atomic mass is 9.81. The molecule has 4 nitrogen and oxygen atoms in total. The van der Waals surface area contributed by atoms with Gasteiger partial charge in [-0.2, -0.15) is 5.10 Å². The summed E-state index contributed by atoms with van der Waals surface area (Å²) in [5.74, 6) is 4.12. The predicted molar refractivity (Wildman–Crippen MR) is 73.3 cm³/mol. The quantitative estimate of drug-likeness (QED) is 0.891. The first-order valence-corrected chi connectivity index (χ1v) is 7.20. The standard InChI is InChI=1S/C14H26N4/c1-10(2)8-13-16-14(18(3)17-13)12-6-4-11(9-15)5-7-12/h10-12H,4-9,15H2,1-3H3. The molecule has 0 amide bonds. The third-order valence-corrected chi connectivity index (χ3v) is 3.98. The van der Waals surface area contributed by atoms with Gasteiger partial charge in [-0.05, 0) is 44.1 Å². The monoisotopic (exact) mass is 250 g/mol. The van der Waals surface area contributed by atoms with E-state index < -0.39 is 0 Å². The minimum Gasteiger partial charge on any atom is -0.330 e. The van der Waals surface area contributed by atoms with Crippen LogP contribution in [0.25, 0.3) is 0 Å². The summed E-state index contributed by atoms with van der Waals surface area (Å²) < 4.78 is 1.99. The summed E-state index contributed by atoms with van der Waals surface area (Å²) in [6.45, 7) is 5.26. The number of hydrogen-bond donors (Lipinski definition) is 1. The molecule has 18 heavy (non-hydrogen) atoms. The van der Waals surface area contributed by atoms with Crippen molar-refractivity contribution in [3.63, 3.8) is 0 Å². The van der Waals surface area contributed by atoms with Crippen molar-refractivity contribution < 1.29 is 0 Å². The largest absolute Gasteiger partial charge is 0.330 e. The molecule has 0 aliphatic heterocycles. The molecule has 0 radical (unpaired) electrons. The Morgan fingerprint density at radius 3 is 2.50 bits per heavy atom. The highest BCUT2D eigenvalue weighted by atomic mass is 15.3. The zero-order valence-electron chi connectivity index (χ0n) is 11.9. The molecule has 102 valence electrons. The first-order valence-electron chi connectivity index (χ1n) is 7.20. The van der Waals surface area contributed by atoms with Crippen molar-refractivity contribution in [3.05, 3.63) is 11.6 Å². The van der Waals surface area contributed by atoms with Crippen molar-refractivity contribution in [2.45, 2.75) is 51.9 Å². The predicted octanol–water partition coefficient (Wildman–Crippen LogP) is 2.25. The summed E-state index contributed by atoms with van der Waals surface area (Å²) in [6, 6.07) is 0. The summed E-state index contributed by atoms with van der Waals surface area (Å²) in [6.07, 6.45) is 5.90. The van der Waals surface area contributed by atoms with Gasteiger partial charge in [0, 0.05) is 19.4 Å². The summed E-state index contributed by atoms with van der Waals surface area (Å²) >= 11 is 0. The zero-order valence-corrected chi connectivity index (χ0v) is 11.9. The average Bonchev–Trinajstić information content (AvgIpc) is 2.69. The third kappa shape index (κ3) is 3.10. The lowest BCUT2D eigenvalue weighted by Gasteiger charge is -2.26. The number of hydrogen-bond acceptors (Lipinski definition) is 3. The van der Waals surface area contributed by atoms with Gasteiger partial charge < -0.3 is 5.73 Å².